The van der Waals surface area contributed by atoms with Crippen molar-refractivity contribution in [3.05, 3.63) is 0 Å². The van der Waals surface area contributed by atoms with Crippen molar-refractivity contribution in [3.8, 4) is 0 Å². The average Bonchev–Trinajstić information content (AvgIpc) is 2.33. The van der Waals surface area contributed by atoms with E-state index < -0.39 is 11.3 Å². The smallest absolute Gasteiger partial charge is 0.249 e. The highest BCUT2D eigenvalue weighted by atomic mass is 19.3. The zero-order valence-corrected chi connectivity index (χ0v) is 8.35. The van der Waals surface area contributed by atoms with Crippen LogP contribution in [-0.4, -0.2) is 30.3 Å². The summed E-state index contributed by atoms with van der Waals surface area (Å²) in [7, 11) is 1.70. The van der Waals surface area contributed by atoms with Crippen molar-refractivity contribution in [3.63, 3.8) is 0 Å². The van der Waals surface area contributed by atoms with Gasteiger partial charge in [0.25, 0.3) is 0 Å². The summed E-state index contributed by atoms with van der Waals surface area (Å²) in [5, 5.41) is 0. The van der Waals surface area contributed by atoms with Crippen LogP contribution in [0.1, 0.15) is 32.1 Å². The van der Waals surface area contributed by atoms with Gasteiger partial charge in [-0.15, -0.1) is 0 Å². The van der Waals surface area contributed by atoms with Crippen LogP contribution in [0.3, 0.4) is 0 Å². The minimum absolute atomic E-state index is 0.0499. The van der Waals surface area contributed by atoms with Gasteiger partial charge in [-0.2, -0.15) is 0 Å². The molecule has 1 heterocycles. The summed E-state index contributed by atoms with van der Waals surface area (Å²) in [6.45, 7) is 0.634. The first-order chi connectivity index (χ1) is 6.45. The van der Waals surface area contributed by atoms with Gasteiger partial charge in [0.1, 0.15) is 0 Å². The molecule has 80 valence electrons. The van der Waals surface area contributed by atoms with E-state index in [1.54, 1.807) is 11.9 Å². The molecule has 0 bridgehead atoms. The Bertz CT molecular complexity index is 263. The SMILES string of the molecule is CN1CCC2(CCCC(F)(F)C2)C1=O. The van der Waals surface area contributed by atoms with Crippen LogP contribution in [0.2, 0.25) is 0 Å². The summed E-state index contributed by atoms with van der Waals surface area (Å²) in [6, 6.07) is 0. The number of halogens is 2. The Balaban J connectivity index is 2.20. The first-order valence-electron chi connectivity index (χ1n) is 5.09. The van der Waals surface area contributed by atoms with Crippen molar-refractivity contribution in [2.24, 2.45) is 5.41 Å². The minimum Gasteiger partial charge on any atom is -0.345 e. The van der Waals surface area contributed by atoms with Gasteiger partial charge < -0.3 is 4.90 Å². The molecular formula is C10H15F2NO. The zero-order valence-electron chi connectivity index (χ0n) is 8.35. The van der Waals surface area contributed by atoms with E-state index in [0.717, 1.165) is 0 Å². The monoisotopic (exact) mass is 203 g/mol. The molecule has 1 aliphatic heterocycles. The molecule has 1 aliphatic carbocycles. The maximum Gasteiger partial charge on any atom is 0.249 e. The molecule has 1 saturated heterocycles. The van der Waals surface area contributed by atoms with Gasteiger partial charge in [0.05, 0.1) is 5.41 Å². The standard InChI is InChI=1S/C10H15F2NO/c1-13-6-5-9(8(13)14)3-2-4-10(11,12)7-9/h2-7H2,1H3. The van der Waals surface area contributed by atoms with Gasteiger partial charge in [0.2, 0.25) is 11.8 Å². The lowest BCUT2D eigenvalue weighted by atomic mass is 9.71. The van der Waals surface area contributed by atoms with Gasteiger partial charge in [-0.25, -0.2) is 8.78 Å². The molecule has 2 rings (SSSR count). The molecule has 0 aromatic heterocycles. The molecule has 0 radical (unpaired) electrons. The molecule has 1 amide bonds. The Morgan fingerprint density at radius 3 is 2.50 bits per heavy atom. The summed E-state index contributed by atoms with van der Waals surface area (Å²) in [5.41, 5.74) is -0.726. The van der Waals surface area contributed by atoms with Crippen molar-refractivity contribution < 1.29 is 13.6 Å². The molecule has 0 aromatic rings. The van der Waals surface area contributed by atoms with E-state index in [-0.39, 0.29) is 18.7 Å². The van der Waals surface area contributed by atoms with Gasteiger partial charge in [0, 0.05) is 26.4 Å². The van der Waals surface area contributed by atoms with Gasteiger partial charge in [-0.05, 0) is 19.3 Å². The average molecular weight is 203 g/mol. The highest BCUT2D eigenvalue weighted by Crippen LogP contribution is 2.49. The van der Waals surface area contributed by atoms with E-state index in [1.165, 1.54) is 0 Å². The molecule has 1 unspecified atom stereocenters. The predicted molar refractivity (Wildman–Crippen MR) is 48.1 cm³/mol. The summed E-state index contributed by atoms with van der Waals surface area (Å²) >= 11 is 0. The number of carbonyl (C=O) groups excluding carboxylic acids is 1. The largest absolute Gasteiger partial charge is 0.345 e. The summed E-state index contributed by atoms with van der Waals surface area (Å²) in [4.78, 5) is 13.3. The van der Waals surface area contributed by atoms with Crippen LogP contribution < -0.4 is 0 Å². The maximum atomic E-state index is 13.2. The number of carbonyl (C=O) groups is 1. The Hall–Kier alpha value is -0.670. The van der Waals surface area contributed by atoms with E-state index >= 15 is 0 Å². The van der Waals surface area contributed by atoms with Crippen molar-refractivity contribution in [2.75, 3.05) is 13.6 Å². The van der Waals surface area contributed by atoms with Gasteiger partial charge in [-0.3, -0.25) is 4.79 Å². The van der Waals surface area contributed by atoms with Gasteiger partial charge in [-0.1, -0.05) is 0 Å². The number of hydrogen-bond acceptors (Lipinski definition) is 1. The third kappa shape index (κ3) is 1.41. The van der Waals surface area contributed by atoms with Gasteiger partial charge in [0.15, 0.2) is 0 Å². The maximum absolute atomic E-state index is 13.2. The van der Waals surface area contributed by atoms with Crippen LogP contribution in [0.15, 0.2) is 0 Å². The van der Waals surface area contributed by atoms with Crippen molar-refractivity contribution in [1.29, 1.82) is 0 Å². The Labute approximate surface area is 82.3 Å². The topological polar surface area (TPSA) is 20.3 Å². The lowest BCUT2D eigenvalue weighted by Gasteiger charge is -2.35. The van der Waals surface area contributed by atoms with E-state index in [0.29, 0.717) is 25.8 Å². The predicted octanol–water partition coefficient (Wildman–Crippen LogP) is 2.04. The minimum atomic E-state index is -2.63. The fraction of sp³-hybridized carbons (Fsp3) is 0.900. The third-order valence-corrected chi connectivity index (χ3v) is 3.52. The highest BCUT2D eigenvalue weighted by molar-refractivity contribution is 5.84. The summed E-state index contributed by atoms with van der Waals surface area (Å²) in [5.74, 6) is -2.70. The van der Waals surface area contributed by atoms with Crippen LogP contribution in [0.25, 0.3) is 0 Å². The number of nitrogens with zero attached hydrogens (tertiary/aromatic N) is 1. The fourth-order valence-corrected chi connectivity index (χ4v) is 2.75. The molecule has 0 aromatic carbocycles. The number of amides is 1. The van der Waals surface area contributed by atoms with Gasteiger partial charge >= 0.3 is 0 Å². The molecule has 0 N–H and O–H groups in total. The second kappa shape index (κ2) is 2.91. The molecule has 2 fully saturated rings. The summed E-state index contributed by atoms with van der Waals surface area (Å²) < 4.78 is 26.5. The van der Waals surface area contributed by atoms with Crippen LogP contribution in [0.4, 0.5) is 8.78 Å². The molecule has 1 saturated carbocycles. The second-order valence-electron chi connectivity index (χ2n) is 4.64. The Morgan fingerprint density at radius 1 is 1.29 bits per heavy atom. The summed E-state index contributed by atoms with van der Waals surface area (Å²) in [6.07, 6.45) is 1.45. The first-order valence-corrected chi connectivity index (χ1v) is 5.09. The van der Waals surface area contributed by atoms with Crippen molar-refractivity contribution >= 4 is 5.91 Å². The fourth-order valence-electron chi connectivity index (χ4n) is 2.75. The van der Waals surface area contributed by atoms with Crippen LogP contribution in [-0.2, 0) is 4.79 Å². The van der Waals surface area contributed by atoms with E-state index in [4.69, 9.17) is 0 Å². The molecule has 2 nitrogen and oxygen atoms in total. The lowest BCUT2D eigenvalue weighted by molar-refractivity contribution is -0.146. The normalized spacial score (nSPS) is 36.8. The number of likely N-dealkylation sites (tertiary alicyclic amines) is 1. The van der Waals surface area contributed by atoms with E-state index in [1.807, 2.05) is 0 Å². The Morgan fingerprint density at radius 2 is 2.00 bits per heavy atom. The number of hydrogen-bond donors (Lipinski definition) is 0. The van der Waals surface area contributed by atoms with E-state index in [9.17, 15) is 13.6 Å². The van der Waals surface area contributed by atoms with Crippen LogP contribution >= 0.6 is 0 Å². The molecule has 1 atom stereocenters. The molecule has 2 aliphatic rings. The van der Waals surface area contributed by atoms with Crippen molar-refractivity contribution in [1.82, 2.24) is 4.90 Å². The number of alkyl halides is 2. The second-order valence-corrected chi connectivity index (χ2v) is 4.64. The number of rotatable bonds is 0. The highest BCUT2D eigenvalue weighted by Gasteiger charge is 2.53. The third-order valence-electron chi connectivity index (χ3n) is 3.52. The van der Waals surface area contributed by atoms with Crippen LogP contribution in [0, 0.1) is 5.41 Å². The van der Waals surface area contributed by atoms with Crippen molar-refractivity contribution in [2.45, 2.75) is 38.0 Å². The first kappa shape index (κ1) is 9.87. The zero-order chi connectivity index (χ0) is 10.4. The van der Waals surface area contributed by atoms with Crippen LogP contribution in [0.5, 0.6) is 0 Å². The molecular weight excluding hydrogens is 188 g/mol. The van der Waals surface area contributed by atoms with E-state index in [2.05, 4.69) is 0 Å². The molecule has 14 heavy (non-hydrogen) atoms. The molecule has 1 spiro atoms. The lowest BCUT2D eigenvalue weighted by Crippen LogP contribution is -2.41. The Kier molecular flexibility index (Phi) is 2.05. The quantitative estimate of drug-likeness (QED) is 0.590. The molecule has 4 heteroatoms.